The first kappa shape index (κ1) is 16.7. The minimum Gasteiger partial charge on any atom is -0.382 e. The van der Waals surface area contributed by atoms with Gasteiger partial charge in [0.05, 0.1) is 12.1 Å². The maximum atomic E-state index is 13.6. The predicted molar refractivity (Wildman–Crippen MR) is 110 cm³/mol. The zero-order chi connectivity index (χ0) is 19.3. The van der Waals surface area contributed by atoms with Gasteiger partial charge in [0.25, 0.3) is 0 Å². The van der Waals surface area contributed by atoms with Gasteiger partial charge in [-0.25, -0.2) is 14.4 Å². The van der Waals surface area contributed by atoms with Crippen molar-refractivity contribution in [3.63, 3.8) is 0 Å². The Morgan fingerprint density at radius 2 is 2.00 bits per heavy atom. The van der Waals surface area contributed by atoms with Gasteiger partial charge in [-0.1, -0.05) is 24.8 Å². The van der Waals surface area contributed by atoms with Crippen molar-refractivity contribution in [1.29, 1.82) is 0 Å². The van der Waals surface area contributed by atoms with Gasteiger partial charge in [-0.3, -0.25) is 0 Å². The maximum Gasteiger partial charge on any atom is 0.150 e. The zero-order valence-corrected chi connectivity index (χ0v) is 15.4. The number of nitrogens with one attached hydrogen (secondary N) is 1. The molecule has 2 aromatic heterocycles. The summed E-state index contributed by atoms with van der Waals surface area (Å²) in [6.45, 7) is 5.81. The number of rotatable bonds is 3. The van der Waals surface area contributed by atoms with Crippen LogP contribution in [0.5, 0.6) is 0 Å². The maximum absolute atomic E-state index is 13.6. The van der Waals surface area contributed by atoms with Crippen LogP contribution in [0.1, 0.15) is 18.7 Å². The van der Waals surface area contributed by atoms with Gasteiger partial charge in [0, 0.05) is 17.6 Å². The molecule has 5 rings (SSSR count). The minimum absolute atomic E-state index is 0.263. The molecule has 0 radical (unpaired) electrons. The third-order valence-corrected chi connectivity index (χ3v) is 5.34. The first-order valence-corrected chi connectivity index (χ1v) is 9.35. The van der Waals surface area contributed by atoms with Gasteiger partial charge in [-0.05, 0) is 48.2 Å². The lowest BCUT2D eigenvalue weighted by Gasteiger charge is -2.16. The number of imidazole rings is 1. The quantitative estimate of drug-likeness (QED) is 0.550. The molecule has 2 aromatic carbocycles. The van der Waals surface area contributed by atoms with Crippen LogP contribution < -0.4 is 5.73 Å². The molecule has 6 heteroatoms. The van der Waals surface area contributed by atoms with E-state index in [9.17, 15) is 4.39 Å². The second-order valence-corrected chi connectivity index (χ2v) is 7.24. The summed E-state index contributed by atoms with van der Waals surface area (Å²) < 4.78 is 13.6. The number of likely N-dealkylation sites (tertiary alicyclic amines) is 1. The first-order chi connectivity index (χ1) is 13.6. The molecular weight excluding hydrogens is 353 g/mol. The van der Waals surface area contributed by atoms with Crippen molar-refractivity contribution in [2.75, 3.05) is 12.3 Å². The minimum atomic E-state index is -0.263. The number of pyridine rings is 1. The van der Waals surface area contributed by atoms with E-state index in [2.05, 4.69) is 21.4 Å². The lowest BCUT2D eigenvalue weighted by Crippen LogP contribution is -2.17. The fourth-order valence-electron chi connectivity index (χ4n) is 3.90. The molecule has 5 nitrogen and oxygen atoms in total. The highest BCUT2D eigenvalue weighted by Crippen LogP contribution is 2.31. The highest BCUT2D eigenvalue weighted by atomic mass is 19.1. The molecule has 4 aromatic rings. The predicted octanol–water partition coefficient (Wildman–Crippen LogP) is 4.61. The average Bonchev–Trinajstić information content (AvgIpc) is 3.29. The van der Waals surface area contributed by atoms with E-state index in [1.54, 1.807) is 6.07 Å². The van der Waals surface area contributed by atoms with Crippen LogP contribution in [0.3, 0.4) is 0 Å². The van der Waals surface area contributed by atoms with E-state index in [0.29, 0.717) is 12.4 Å². The van der Waals surface area contributed by atoms with Crippen LogP contribution in [0.15, 0.2) is 54.7 Å². The largest absolute Gasteiger partial charge is 0.382 e. The van der Waals surface area contributed by atoms with E-state index in [4.69, 9.17) is 10.7 Å². The van der Waals surface area contributed by atoms with E-state index in [0.717, 1.165) is 64.0 Å². The third-order valence-electron chi connectivity index (χ3n) is 5.34. The van der Waals surface area contributed by atoms with Crippen LogP contribution in [0.2, 0.25) is 0 Å². The Kier molecular flexibility index (Phi) is 3.79. The van der Waals surface area contributed by atoms with Crippen molar-refractivity contribution < 1.29 is 4.39 Å². The molecular formula is C22H20FN5. The molecule has 1 aliphatic rings. The Morgan fingerprint density at radius 1 is 1.14 bits per heavy atom. The summed E-state index contributed by atoms with van der Waals surface area (Å²) in [5.74, 6) is 1.01. The number of benzene rings is 2. The van der Waals surface area contributed by atoms with Crippen LogP contribution in [-0.4, -0.2) is 26.4 Å². The van der Waals surface area contributed by atoms with Crippen LogP contribution in [0, 0.1) is 5.82 Å². The van der Waals surface area contributed by atoms with Gasteiger partial charge in [0.15, 0.2) is 0 Å². The number of nitrogens with two attached hydrogens (primary N) is 1. The van der Waals surface area contributed by atoms with E-state index in [1.807, 2.05) is 24.3 Å². The summed E-state index contributed by atoms with van der Waals surface area (Å²) in [5, 5.41) is 0.923. The summed E-state index contributed by atoms with van der Waals surface area (Å²) in [4.78, 5) is 14.9. The highest BCUT2D eigenvalue weighted by molar-refractivity contribution is 6.07. The molecule has 0 saturated carbocycles. The van der Waals surface area contributed by atoms with E-state index in [1.165, 1.54) is 12.1 Å². The fourth-order valence-corrected chi connectivity index (χ4v) is 3.90. The molecule has 1 aliphatic heterocycles. The molecule has 0 unspecified atom stereocenters. The van der Waals surface area contributed by atoms with E-state index >= 15 is 0 Å². The van der Waals surface area contributed by atoms with Crippen molar-refractivity contribution >= 4 is 27.8 Å². The van der Waals surface area contributed by atoms with Crippen LogP contribution in [0.4, 0.5) is 10.2 Å². The second kappa shape index (κ2) is 6.34. The average molecular weight is 373 g/mol. The Hall–Kier alpha value is -3.41. The molecule has 140 valence electrons. The Bertz CT molecular complexity index is 1230. The van der Waals surface area contributed by atoms with E-state index < -0.39 is 0 Å². The molecule has 0 atom stereocenters. The molecule has 28 heavy (non-hydrogen) atoms. The number of halogens is 1. The standard InChI is InChI=1S/C22H20FN5/c1-13-4-3-9-28(13)12-19-26-20-17-8-7-15(14-5-2-6-16(23)10-14)11-18(17)25-22(24)21(20)27-19/h2,5-8,10-11H,1,3-4,9,12H2,(H2,24,25)(H,26,27). The number of anilines is 1. The Labute approximate surface area is 161 Å². The van der Waals surface area contributed by atoms with Gasteiger partial charge in [-0.15, -0.1) is 0 Å². The Balaban J connectivity index is 1.60. The lowest BCUT2D eigenvalue weighted by molar-refractivity contribution is 0.378. The number of allylic oxidation sites excluding steroid dienone is 1. The van der Waals surface area contributed by atoms with Crippen molar-refractivity contribution in [2.24, 2.45) is 0 Å². The van der Waals surface area contributed by atoms with Crippen molar-refractivity contribution in [1.82, 2.24) is 19.9 Å². The lowest BCUT2D eigenvalue weighted by atomic mass is 10.0. The monoisotopic (exact) mass is 373 g/mol. The molecule has 0 aliphatic carbocycles. The number of nitrogens with zero attached hydrogens (tertiary/aromatic N) is 3. The highest BCUT2D eigenvalue weighted by Gasteiger charge is 2.18. The van der Waals surface area contributed by atoms with Gasteiger partial charge in [0.1, 0.15) is 28.5 Å². The van der Waals surface area contributed by atoms with Gasteiger partial charge >= 0.3 is 0 Å². The molecule has 0 bridgehead atoms. The van der Waals surface area contributed by atoms with Crippen molar-refractivity contribution in [2.45, 2.75) is 19.4 Å². The van der Waals surface area contributed by atoms with Gasteiger partial charge in [-0.2, -0.15) is 0 Å². The molecule has 1 fully saturated rings. The number of fused-ring (bicyclic) bond motifs is 3. The first-order valence-electron chi connectivity index (χ1n) is 9.35. The van der Waals surface area contributed by atoms with E-state index in [-0.39, 0.29) is 5.82 Å². The summed E-state index contributed by atoms with van der Waals surface area (Å²) in [7, 11) is 0. The summed E-state index contributed by atoms with van der Waals surface area (Å²) in [6, 6.07) is 12.4. The van der Waals surface area contributed by atoms with Crippen LogP contribution in [0.25, 0.3) is 33.1 Å². The van der Waals surface area contributed by atoms with Crippen LogP contribution >= 0.6 is 0 Å². The SMILES string of the molecule is C=C1CCCN1Cc1nc2c([nH]1)c(N)nc1cc(-c3cccc(F)c3)ccc12. The number of H-pyrrole nitrogens is 1. The third kappa shape index (κ3) is 2.78. The number of nitrogen functional groups attached to an aromatic ring is 1. The van der Waals surface area contributed by atoms with Gasteiger partial charge in [0.2, 0.25) is 0 Å². The summed E-state index contributed by atoms with van der Waals surface area (Å²) in [6.07, 6.45) is 2.17. The topological polar surface area (TPSA) is 70.8 Å². The summed E-state index contributed by atoms with van der Waals surface area (Å²) in [5.41, 5.74) is 11.4. The molecule has 3 heterocycles. The normalized spacial score (nSPS) is 14.5. The van der Waals surface area contributed by atoms with Crippen molar-refractivity contribution in [3.8, 4) is 11.1 Å². The molecule has 0 amide bonds. The van der Waals surface area contributed by atoms with Crippen LogP contribution in [-0.2, 0) is 6.54 Å². The summed E-state index contributed by atoms with van der Waals surface area (Å²) >= 11 is 0. The number of aromatic nitrogens is 3. The second-order valence-electron chi connectivity index (χ2n) is 7.24. The fraction of sp³-hybridized carbons (Fsp3) is 0.182. The Morgan fingerprint density at radius 3 is 2.79 bits per heavy atom. The molecule has 0 spiro atoms. The number of hydrogen-bond donors (Lipinski definition) is 2. The van der Waals surface area contributed by atoms with Gasteiger partial charge < -0.3 is 15.6 Å². The zero-order valence-electron chi connectivity index (χ0n) is 15.4. The van der Waals surface area contributed by atoms with Crippen molar-refractivity contribution in [3.05, 3.63) is 66.4 Å². The number of hydrogen-bond acceptors (Lipinski definition) is 4. The molecule has 3 N–H and O–H groups in total. The molecule has 1 saturated heterocycles. The number of aromatic amines is 1. The smallest absolute Gasteiger partial charge is 0.150 e.